The summed E-state index contributed by atoms with van der Waals surface area (Å²) in [6, 6.07) is 4.22. The second-order valence-corrected chi connectivity index (χ2v) is 9.26. The van der Waals surface area contributed by atoms with Crippen LogP contribution in [0.1, 0.15) is 50.5 Å². The van der Waals surface area contributed by atoms with E-state index in [4.69, 9.17) is 19.8 Å². The standard InChI is InChI=1S/C19H27N3O.2C2HF3O2/c23-18-4-8-19(22(18)15-16-2-3-16)7-1-12-21(13-9-19)14-17-5-10-20-11-6-17;2*3-2(4,5)1(6)7/h5-6,10-11,16H,1-4,7-9,12-15H2;2*(H,6,7). The van der Waals surface area contributed by atoms with Crippen LogP contribution in [-0.2, 0) is 20.9 Å². The quantitative estimate of drug-likeness (QED) is 0.552. The molecule has 3 aliphatic rings. The molecule has 1 unspecified atom stereocenters. The van der Waals surface area contributed by atoms with Gasteiger partial charge in [0.15, 0.2) is 0 Å². The molecule has 0 radical (unpaired) electrons. The Labute approximate surface area is 209 Å². The van der Waals surface area contributed by atoms with Gasteiger partial charge < -0.3 is 15.1 Å². The number of likely N-dealkylation sites (tertiary alicyclic amines) is 2. The number of carbonyl (C=O) groups is 3. The van der Waals surface area contributed by atoms with E-state index in [9.17, 15) is 31.1 Å². The number of hydrogen-bond acceptors (Lipinski definition) is 5. The van der Waals surface area contributed by atoms with Crippen LogP contribution in [-0.4, -0.2) is 80.4 Å². The summed E-state index contributed by atoms with van der Waals surface area (Å²) in [6.45, 7) is 4.30. The van der Waals surface area contributed by atoms with Crippen molar-refractivity contribution in [1.29, 1.82) is 0 Å². The summed E-state index contributed by atoms with van der Waals surface area (Å²) in [7, 11) is 0. The summed E-state index contributed by atoms with van der Waals surface area (Å²) >= 11 is 0. The van der Waals surface area contributed by atoms with Gasteiger partial charge in [-0.15, -0.1) is 0 Å². The lowest BCUT2D eigenvalue weighted by Crippen LogP contribution is -2.47. The molecule has 8 nitrogen and oxygen atoms in total. The number of amides is 1. The molecular formula is C23H29F6N3O5. The van der Waals surface area contributed by atoms with Crippen molar-refractivity contribution in [2.75, 3.05) is 19.6 Å². The Hall–Kier alpha value is -2.90. The van der Waals surface area contributed by atoms with Crippen molar-refractivity contribution in [3.8, 4) is 0 Å². The van der Waals surface area contributed by atoms with Crippen molar-refractivity contribution in [3.63, 3.8) is 0 Å². The molecule has 0 aromatic carbocycles. The summed E-state index contributed by atoms with van der Waals surface area (Å²) in [5, 5.41) is 14.2. The van der Waals surface area contributed by atoms with Gasteiger partial charge in [-0.3, -0.25) is 14.7 Å². The van der Waals surface area contributed by atoms with E-state index in [1.54, 1.807) is 0 Å². The van der Waals surface area contributed by atoms with Crippen LogP contribution < -0.4 is 0 Å². The van der Waals surface area contributed by atoms with E-state index in [1.165, 1.54) is 31.2 Å². The van der Waals surface area contributed by atoms with Gasteiger partial charge in [-0.2, -0.15) is 26.3 Å². The van der Waals surface area contributed by atoms with Crippen molar-refractivity contribution < 1.29 is 50.9 Å². The van der Waals surface area contributed by atoms with E-state index in [2.05, 4.69) is 26.9 Å². The fourth-order valence-corrected chi connectivity index (χ4v) is 4.39. The van der Waals surface area contributed by atoms with E-state index in [0.717, 1.165) is 51.4 Å². The Balaban J connectivity index is 0.000000286. The minimum absolute atomic E-state index is 0.173. The van der Waals surface area contributed by atoms with Gasteiger partial charge in [-0.1, -0.05) is 0 Å². The Kier molecular flexibility index (Phi) is 10.3. The molecule has 3 fully saturated rings. The van der Waals surface area contributed by atoms with Crippen molar-refractivity contribution in [1.82, 2.24) is 14.8 Å². The predicted octanol–water partition coefficient (Wildman–Crippen LogP) is 4.11. The Morgan fingerprint density at radius 3 is 1.97 bits per heavy atom. The van der Waals surface area contributed by atoms with Crippen LogP contribution in [0.5, 0.6) is 0 Å². The predicted molar refractivity (Wildman–Crippen MR) is 117 cm³/mol. The number of carbonyl (C=O) groups excluding carboxylic acids is 1. The zero-order valence-electron chi connectivity index (χ0n) is 19.9. The topological polar surface area (TPSA) is 111 Å². The van der Waals surface area contributed by atoms with Gasteiger partial charge in [-0.25, -0.2) is 9.59 Å². The molecule has 2 saturated heterocycles. The van der Waals surface area contributed by atoms with Crippen LogP contribution in [0, 0.1) is 5.92 Å². The van der Waals surface area contributed by atoms with Crippen molar-refractivity contribution in [3.05, 3.63) is 30.1 Å². The number of hydrogen-bond donors (Lipinski definition) is 2. The number of nitrogens with zero attached hydrogens (tertiary/aromatic N) is 3. The lowest BCUT2D eigenvalue weighted by Gasteiger charge is -2.38. The monoisotopic (exact) mass is 541 g/mol. The normalized spacial score (nSPS) is 22.4. The van der Waals surface area contributed by atoms with Gasteiger partial charge in [0.1, 0.15) is 0 Å². The maximum absolute atomic E-state index is 12.4. The molecule has 1 atom stereocenters. The minimum Gasteiger partial charge on any atom is -0.475 e. The van der Waals surface area contributed by atoms with E-state index in [0.29, 0.717) is 5.91 Å². The van der Waals surface area contributed by atoms with E-state index in [1.807, 2.05) is 12.4 Å². The molecule has 1 aromatic heterocycles. The third kappa shape index (κ3) is 9.82. The van der Waals surface area contributed by atoms with Gasteiger partial charge in [0.2, 0.25) is 5.91 Å². The maximum Gasteiger partial charge on any atom is 0.490 e. The zero-order chi connectivity index (χ0) is 27.9. The molecule has 208 valence electrons. The minimum atomic E-state index is -5.08. The Morgan fingerprint density at radius 2 is 1.49 bits per heavy atom. The number of aromatic nitrogens is 1. The van der Waals surface area contributed by atoms with Crippen LogP contribution in [0.15, 0.2) is 24.5 Å². The van der Waals surface area contributed by atoms with Gasteiger partial charge in [0, 0.05) is 44.0 Å². The second kappa shape index (κ2) is 12.6. The molecule has 14 heteroatoms. The number of halogens is 6. The number of aliphatic carboxylic acids is 2. The van der Waals surface area contributed by atoms with Crippen LogP contribution in [0.25, 0.3) is 0 Å². The third-order valence-corrected chi connectivity index (χ3v) is 6.47. The van der Waals surface area contributed by atoms with Gasteiger partial charge in [-0.05, 0) is 68.7 Å². The number of carboxylic acids is 2. The Morgan fingerprint density at radius 1 is 0.946 bits per heavy atom. The zero-order valence-corrected chi connectivity index (χ0v) is 19.9. The lowest BCUT2D eigenvalue weighted by atomic mass is 9.87. The first-order valence-electron chi connectivity index (χ1n) is 11.7. The number of carboxylic acid groups (broad SMARTS) is 2. The first-order valence-corrected chi connectivity index (χ1v) is 11.7. The Bertz CT molecular complexity index is 900. The molecule has 1 spiro atoms. The fourth-order valence-electron chi connectivity index (χ4n) is 4.39. The van der Waals surface area contributed by atoms with Crippen LogP contribution in [0.2, 0.25) is 0 Å². The van der Waals surface area contributed by atoms with Gasteiger partial charge in [0.05, 0.1) is 0 Å². The molecule has 1 amide bonds. The molecule has 4 rings (SSSR count). The van der Waals surface area contributed by atoms with Crippen molar-refractivity contribution >= 4 is 17.8 Å². The SMILES string of the molecule is O=C(O)C(F)(F)F.O=C(O)C(F)(F)F.O=C1CCC2(CCCN(Cc3ccncc3)CC2)N1CC1CC1. The molecule has 2 N–H and O–H groups in total. The number of pyridine rings is 1. The van der Waals surface area contributed by atoms with Crippen molar-refractivity contribution in [2.24, 2.45) is 5.92 Å². The van der Waals surface area contributed by atoms with Gasteiger partial charge >= 0.3 is 24.3 Å². The highest BCUT2D eigenvalue weighted by Gasteiger charge is 2.47. The van der Waals surface area contributed by atoms with Crippen LogP contribution in [0.3, 0.4) is 0 Å². The first-order chi connectivity index (χ1) is 17.1. The van der Waals surface area contributed by atoms with Crippen LogP contribution in [0.4, 0.5) is 26.3 Å². The molecule has 3 heterocycles. The smallest absolute Gasteiger partial charge is 0.475 e. The largest absolute Gasteiger partial charge is 0.490 e. The molecule has 1 aliphatic carbocycles. The third-order valence-electron chi connectivity index (χ3n) is 6.47. The summed E-state index contributed by atoms with van der Waals surface area (Å²) in [5.41, 5.74) is 1.51. The van der Waals surface area contributed by atoms with Gasteiger partial charge in [0.25, 0.3) is 0 Å². The molecule has 2 aliphatic heterocycles. The molecule has 1 aromatic rings. The van der Waals surface area contributed by atoms with Crippen molar-refractivity contribution in [2.45, 2.75) is 69.4 Å². The summed E-state index contributed by atoms with van der Waals surface area (Å²) in [4.78, 5) is 39.1. The summed E-state index contributed by atoms with van der Waals surface area (Å²) in [6.07, 6.45) is 1.65. The highest BCUT2D eigenvalue weighted by Crippen LogP contribution is 2.42. The molecular weight excluding hydrogens is 512 g/mol. The van der Waals surface area contributed by atoms with E-state index in [-0.39, 0.29) is 5.54 Å². The highest BCUT2D eigenvalue weighted by molar-refractivity contribution is 5.79. The van der Waals surface area contributed by atoms with E-state index >= 15 is 0 Å². The average molecular weight is 541 g/mol. The number of rotatable bonds is 4. The van der Waals surface area contributed by atoms with Crippen LogP contribution >= 0.6 is 0 Å². The second-order valence-electron chi connectivity index (χ2n) is 9.26. The summed E-state index contributed by atoms with van der Waals surface area (Å²) in [5.74, 6) is -4.30. The average Bonchev–Trinajstić information content (AvgIpc) is 3.60. The lowest BCUT2D eigenvalue weighted by molar-refractivity contribution is -0.193. The van der Waals surface area contributed by atoms with E-state index < -0.39 is 24.3 Å². The first kappa shape index (κ1) is 30.3. The molecule has 1 saturated carbocycles. The highest BCUT2D eigenvalue weighted by atomic mass is 19.4. The fraction of sp³-hybridized carbons (Fsp3) is 0.652. The summed E-state index contributed by atoms with van der Waals surface area (Å²) < 4.78 is 63.5. The molecule has 37 heavy (non-hydrogen) atoms. The maximum atomic E-state index is 12.4. The number of alkyl halides is 6. The molecule has 0 bridgehead atoms.